The van der Waals surface area contributed by atoms with Crippen molar-refractivity contribution in [3.8, 4) is 6.01 Å². The molecular weight excluding hydrogens is 276 g/mol. The van der Waals surface area contributed by atoms with E-state index < -0.39 is 0 Å². The number of hydrogen-bond acceptors (Lipinski definition) is 6. The molecule has 0 aliphatic rings. The lowest BCUT2D eigenvalue weighted by Crippen LogP contribution is -2.12. The first kappa shape index (κ1) is 12.5. The van der Waals surface area contributed by atoms with Crippen LogP contribution in [0, 0.1) is 0 Å². The fraction of sp³-hybridized carbons (Fsp3) is 0.0769. The number of carbonyl (C=O) groups excluding carboxylic acids is 1. The van der Waals surface area contributed by atoms with Crippen LogP contribution in [0.25, 0.3) is 10.2 Å². The zero-order valence-corrected chi connectivity index (χ0v) is 11.3. The van der Waals surface area contributed by atoms with Crippen molar-refractivity contribution in [2.75, 3.05) is 12.4 Å². The highest BCUT2D eigenvalue weighted by Crippen LogP contribution is 2.22. The van der Waals surface area contributed by atoms with Crippen LogP contribution in [-0.2, 0) is 0 Å². The maximum Gasteiger partial charge on any atom is 0.316 e. The summed E-state index contributed by atoms with van der Waals surface area (Å²) in [5, 5.41) is 3.10. The van der Waals surface area contributed by atoms with E-state index in [0.29, 0.717) is 10.7 Å². The number of aromatic nitrogens is 3. The van der Waals surface area contributed by atoms with E-state index in [1.807, 2.05) is 24.3 Å². The Hall–Kier alpha value is -2.54. The SMILES string of the molecule is COc1ncc(NC(=O)c2nc3ccccc3s2)cn1. The Bertz CT molecular complexity index is 721. The minimum atomic E-state index is -0.278. The molecule has 2 aromatic heterocycles. The van der Waals surface area contributed by atoms with Gasteiger partial charge in [-0.2, -0.15) is 0 Å². The number of nitrogens with one attached hydrogen (secondary N) is 1. The Morgan fingerprint density at radius 1 is 1.25 bits per heavy atom. The number of benzene rings is 1. The average molecular weight is 286 g/mol. The van der Waals surface area contributed by atoms with Gasteiger partial charge in [0, 0.05) is 0 Å². The summed E-state index contributed by atoms with van der Waals surface area (Å²) >= 11 is 1.34. The highest BCUT2D eigenvalue weighted by Gasteiger charge is 2.12. The fourth-order valence-electron chi connectivity index (χ4n) is 1.64. The summed E-state index contributed by atoms with van der Waals surface area (Å²) in [7, 11) is 1.48. The summed E-state index contributed by atoms with van der Waals surface area (Å²) in [5.41, 5.74) is 1.31. The van der Waals surface area contributed by atoms with E-state index in [2.05, 4.69) is 20.3 Å². The maximum atomic E-state index is 12.1. The number of carbonyl (C=O) groups is 1. The molecule has 0 spiro atoms. The van der Waals surface area contributed by atoms with Gasteiger partial charge in [0.1, 0.15) is 0 Å². The molecule has 20 heavy (non-hydrogen) atoms. The Morgan fingerprint density at radius 3 is 2.70 bits per heavy atom. The first-order valence-electron chi connectivity index (χ1n) is 5.79. The topological polar surface area (TPSA) is 77.0 Å². The van der Waals surface area contributed by atoms with Gasteiger partial charge in [0.25, 0.3) is 5.91 Å². The van der Waals surface area contributed by atoms with Gasteiger partial charge in [-0.15, -0.1) is 11.3 Å². The Labute approximate surface area is 118 Å². The quantitative estimate of drug-likeness (QED) is 0.799. The normalized spacial score (nSPS) is 10.4. The predicted octanol–water partition coefficient (Wildman–Crippen LogP) is 2.35. The van der Waals surface area contributed by atoms with Crippen LogP contribution in [0.3, 0.4) is 0 Å². The van der Waals surface area contributed by atoms with Crippen LogP contribution >= 0.6 is 11.3 Å². The van der Waals surface area contributed by atoms with Gasteiger partial charge in [-0.3, -0.25) is 4.79 Å². The van der Waals surface area contributed by atoms with Crippen molar-refractivity contribution in [3.05, 3.63) is 41.7 Å². The number of hydrogen-bond donors (Lipinski definition) is 1. The van der Waals surface area contributed by atoms with Crippen molar-refractivity contribution >= 4 is 33.1 Å². The summed E-state index contributed by atoms with van der Waals surface area (Å²) in [6.07, 6.45) is 2.97. The van der Waals surface area contributed by atoms with Crippen molar-refractivity contribution in [2.45, 2.75) is 0 Å². The van der Waals surface area contributed by atoms with Gasteiger partial charge in [-0.1, -0.05) is 12.1 Å². The molecule has 6 nitrogen and oxygen atoms in total. The zero-order valence-electron chi connectivity index (χ0n) is 10.5. The summed E-state index contributed by atoms with van der Waals surface area (Å²) in [6.45, 7) is 0. The molecule has 0 fully saturated rings. The lowest BCUT2D eigenvalue weighted by atomic mass is 10.3. The Kier molecular flexibility index (Phi) is 3.26. The average Bonchev–Trinajstić information content (AvgIpc) is 2.92. The molecule has 1 amide bonds. The number of anilines is 1. The minimum absolute atomic E-state index is 0.253. The monoisotopic (exact) mass is 286 g/mol. The number of para-hydroxylation sites is 1. The second-order valence-corrected chi connectivity index (χ2v) is 4.93. The lowest BCUT2D eigenvalue weighted by Gasteiger charge is -2.02. The summed E-state index contributed by atoms with van der Waals surface area (Å²) < 4.78 is 5.83. The van der Waals surface area contributed by atoms with E-state index in [-0.39, 0.29) is 11.9 Å². The van der Waals surface area contributed by atoms with Gasteiger partial charge in [0.05, 0.1) is 35.4 Å². The van der Waals surface area contributed by atoms with Crippen LogP contribution < -0.4 is 10.1 Å². The molecule has 0 saturated carbocycles. The number of fused-ring (bicyclic) bond motifs is 1. The largest absolute Gasteiger partial charge is 0.467 e. The standard InChI is InChI=1S/C13H10N4O2S/c1-19-13-14-6-8(7-15-13)16-11(18)12-17-9-4-2-3-5-10(9)20-12/h2-7H,1H3,(H,16,18). The third-order valence-electron chi connectivity index (χ3n) is 2.56. The van der Waals surface area contributed by atoms with Crippen LogP contribution in [0.1, 0.15) is 9.80 Å². The second kappa shape index (κ2) is 5.22. The van der Waals surface area contributed by atoms with Gasteiger partial charge in [0.2, 0.25) is 0 Å². The van der Waals surface area contributed by atoms with E-state index in [4.69, 9.17) is 4.74 Å². The van der Waals surface area contributed by atoms with Gasteiger partial charge in [-0.25, -0.2) is 15.0 Å². The van der Waals surface area contributed by atoms with Crippen molar-refractivity contribution < 1.29 is 9.53 Å². The van der Waals surface area contributed by atoms with Gasteiger partial charge in [0.15, 0.2) is 5.01 Å². The van der Waals surface area contributed by atoms with Crippen LogP contribution in [0.15, 0.2) is 36.7 Å². The first-order chi connectivity index (χ1) is 9.76. The maximum absolute atomic E-state index is 12.1. The van der Waals surface area contributed by atoms with E-state index in [9.17, 15) is 4.79 Å². The molecule has 100 valence electrons. The first-order valence-corrected chi connectivity index (χ1v) is 6.61. The van der Waals surface area contributed by atoms with Crippen LogP contribution in [0.2, 0.25) is 0 Å². The molecule has 0 saturated heterocycles. The molecule has 7 heteroatoms. The highest BCUT2D eigenvalue weighted by molar-refractivity contribution is 7.20. The summed E-state index contributed by atoms with van der Waals surface area (Å²) in [6, 6.07) is 7.86. The van der Waals surface area contributed by atoms with Gasteiger partial charge in [-0.05, 0) is 12.1 Å². The molecule has 1 aromatic carbocycles. The van der Waals surface area contributed by atoms with Crippen LogP contribution in [-0.4, -0.2) is 28.0 Å². The molecule has 0 aliphatic carbocycles. The molecule has 1 N–H and O–H groups in total. The molecular formula is C13H10N4O2S. The van der Waals surface area contributed by atoms with Gasteiger partial charge < -0.3 is 10.1 Å². The summed E-state index contributed by atoms with van der Waals surface area (Å²) in [5.74, 6) is -0.278. The minimum Gasteiger partial charge on any atom is -0.467 e. The number of ether oxygens (including phenoxy) is 1. The van der Waals surface area contributed by atoms with Crippen molar-refractivity contribution in [3.63, 3.8) is 0 Å². The van der Waals surface area contributed by atoms with E-state index in [1.54, 1.807) is 0 Å². The van der Waals surface area contributed by atoms with E-state index in [1.165, 1.54) is 30.8 Å². The molecule has 0 radical (unpaired) electrons. The van der Waals surface area contributed by atoms with Crippen LogP contribution in [0.4, 0.5) is 5.69 Å². The lowest BCUT2D eigenvalue weighted by molar-refractivity contribution is 0.102. The molecule has 0 unspecified atom stereocenters. The molecule has 3 rings (SSSR count). The van der Waals surface area contributed by atoms with Crippen molar-refractivity contribution in [1.82, 2.24) is 15.0 Å². The number of nitrogens with zero attached hydrogens (tertiary/aromatic N) is 3. The van der Waals surface area contributed by atoms with E-state index in [0.717, 1.165) is 10.2 Å². The number of methoxy groups -OCH3 is 1. The van der Waals surface area contributed by atoms with Gasteiger partial charge >= 0.3 is 6.01 Å². The zero-order chi connectivity index (χ0) is 13.9. The molecule has 0 bridgehead atoms. The number of amides is 1. The number of rotatable bonds is 3. The molecule has 2 heterocycles. The predicted molar refractivity (Wildman–Crippen MR) is 76.2 cm³/mol. The molecule has 0 aliphatic heterocycles. The number of thiazole rings is 1. The smallest absolute Gasteiger partial charge is 0.316 e. The molecule has 0 atom stereocenters. The summed E-state index contributed by atoms with van der Waals surface area (Å²) in [4.78, 5) is 24.2. The highest BCUT2D eigenvalue weighted by atomic mass is 32.1. The Morgan fingerprint density at radius 2 is 2.00 bits per heavy atom. The van der Waals surface area contributed by atoms with E-state index >= 15 is 0 Å². The molecule has 3 aromatic rings. The van der Waals surface area contributed by atoms with Crippen molar-refractivity contribution in [1.29, 1.82) is 0 Å². The Balaban J connectivity index is 1.81. The second-order valence-electron chi connectivity index (χ2n) is 3.90. The van der Waals surface area contributed by atoms with Crippen molar-refractivity contribution in [2.24, 2.45) is 0 Å². The van der Waals surface area contributed by atoms with Crippen LogP contribution in [0.5, 0.6) is 6.01 Å². The third-order valence-corrected chi connectivity index (χ3v) is 3.59. The third kappa shape index (κ3) is 2.43. The fourth-order valence-corrected chi connectivity index (χ4v) is 2.50.